The molecule has 3 heteroatoms. The predicted molar refractivity (Wildman–Crippen MR) is 67.4 cm³/mol. The van der Waals surface area contributed by atoms with Crippen LogP contribution in [0.3, 0.4) is 0 Å². The normalized spacial score (nSPS) is 26.3. The highest BCUT2D eigenvalue weighted by Gasteiger charge is 2.30. The fourth-order valence-corrected chi connectivity index (χ4v) is 2.41. The molecule has 0 spiro atoms. The zero-order valence-electron chi connectivity index (χ0n) is 11.3. The van der Waals surface area contributed by atoms with E-state index < -0.39 is 0 Å². The molecule has 0 aromatic heterocycles. The molecule has 0 unspecified atom stereocenters. The summed E-state index contributed by atoms with van der Waals surface area (Å²) in [6.07, 6.45) is 4.73. The zero-order chi connectivity index (χ0) is 12.3. The van der Waals surface area contributed by atoms with Crippen LogP contribution in [0.25, 0.3) is 0 Å². The smallest absolute Gasteiger partial charge is 0.317 e. The third-order valence-corrected chi connectivity index (χ3v) is 3.69. The number of amides is 2. The molecule has 2 amide bonds. The number of rotatable bonds is 1. The van der Waals surface area contributed by atoms with Crippen molar-refractivity contribution >= 4 is 6.03 Å². The maximum absolute atomic E-state index is 11.5. The summed E-state index contributed by atoms with van der Waals surface area (Å²) < 4.78 is 0. The summed E-state index contributed by atoms with van der Waals surface area (Å²) in [6, 6.07) is 0.424. The summed E-state index contributed by atoms with van der Waals surface area (Å²) in [5.41, 5.74) is 0.413. The van der Waals surface area contributed by atoms with E-state index in [1.807, 2.05) is 0 Å². The first-order valence-electron chi connectivity index (χ1n) is 6.28. The van der Waals surface area contributed by atoms with Gasteiger partial charge in [0.15, 0.2) is 0 Å². The van der Waals surface area contributed by atoms with Gasteiger partial charge in [0.25, 0.3) is 0 Å². The quantitative estimate of drug-likeness (QED) is 0.732. The minimum atomic E-state index is 0.0409. The van der Waals surface area contributed by atoms with Crippen molar-refractivity contribution in [2.75, 3.05) is 14.1 Å². The fraction of sp³-hybridized carbons (Fsp3) is 0.923. The first-order valence-corrected chi connectivity index (χ1v) is 6.28. The maximum atomic E-state index is 11.5. The lowest BCUT2D eigenvalue weighted by Gasteiger charge is -2.37. The molecule has 0 aliphatic heterocycles. The Labute approximate surface area is 99.6 Å². The van der Waals surface area contributed by atoms with Crippen molar-refractivity contribution < 1.29 is 4.79 Å². The van der Waals surface area contributed by atoms with E-state index >= 15 is 0 Å². The highest BCUT2D eigenvalue weighted by molar-refractivity contribution is 5.73. The van der Waals surface area contributed by atoms with Crippen LogP contribution >= 0.6 is 0 Å². The Morgan fingerprint density at radius 3 is 2.00 bits per heavy atom. The van der Waals surface area contributed by atoms with E-state index in [-0.39, 0.29) is 6.03 Å². The number of nitrogens with zero attached hydrogens (tertiary/aromatic N) is 1. The van der Waals surface area contributed by atoms with Gasteiger partial charge in [0.2, 0.25) is 0 Å². The molecule has 1 aliphatic rings. The Balaban J connectivity index is 2.35. The molecule has 1 rings (SSSR count). The van der Waals surface area contributed by atoms with Crippen LogP contribution in [-0.4, -0.2) is 31.1 Å². The van der Waals surface area contributed by atoms with Crippen molar-refractivity contribution in [3.8, 4) is 0 Å². The van der Waals surface area contributed by atoms with Crippen molar-refractivity contribution in [1.82, 2.24) is 10.2 Å². The van der Waals surface area contributed by atoms with Gasteiger partial charge in [0.05, 0.1) is 0 Å². The zero-order valence-corrected chi connectivity index (χ0v) is 11.3. The number of hydrogen-bond donors (Lipinski definition) is 1. The van der Waals surface area contributed by atoms with Gasteiger partial charge in [0.1, 0.15) is 0 Å². The largest absolute Gasteiger partial charge is 0.335 e. The van der Waals surface area contributed by atoms with Gasteiger partial charge in [-0.15, -0.1) is 0 Å². The van der Waals surface area contributed by atoms with E-state index in [4.69, 9.17) is 0 Å². The Hall–Kier alpha value is -0.730. The number of carbonyl (C=O) groups excluding carboxylic acids is 1. The summed E-state index contributed by atoms with van der Waals surface area (Å²) in [6.45, 7) is 6.95. The van der Waals surface area contributed by atoms with Crippen LogP contribution in [0.2, 0.25) is 0 Å². The van der Waals surface area contributed by atoms with Gasteiger partial charge >= 0.3 is 6.03 Å². The van der Waals surface area contributed by atoms with E-state index in [0.29, 0.717) is 11.5 Å². The molecule has 0 radical (unpaired) electrons. The Morgan fingerprint density at radius 1 is 1.12 bits per heavy atom. The minimum Gasteiger partial charge on any atom is -0.335 e. The van der Waals surface area contributed by atoms with Gasteiger partial charge < -0.3 is 10.2 Å². The SMILES string of the molecule is CN(C)C(=O)N[C@H]1CC[C@H](C(C)(C)C)CC1. The van der Waals surface area contributed by atoms with Gasteiger partial charge in [0, 0.05) is 20.1 Å². The van der Waals surface area contributed by atoms with Crippen LogP contribution in [0.4, 0.5) is 4.79 Å². The first-order chi connectivity index (χ1) is 7.30. The van der Waals surface area contributed by atoms with Crippen molar-refractivity contribution in [1.29, 1.82) is 0 Å². The second kappa shape index (κ2) is 5.07. The van der Waals surface area contributed by atoms with Gasteiger partial charge in [-0.05, 0) is 37.0 Å². The monoisotopic (exact) mass is 226 g/mol. The molecule has 0 atom stereocenters. The van der Waals surface area contributed by atoms with Crippen molar-refractivity contribution in [2.45, 2.75) is 52.5 Å². The molecule has 1 N–H and O–H groups in total. The van der Waals surface area contributed by atoms with Crippen LogP contribution in [0.5, 0.6) is 0 Å². The second-order valence-electron chi connectivity index (χ2n) is 6.26. The Bertz CT molecular complexity index is 235. The average Bonchev–Trinajstić information content (AvgIpc) is 2.17. The predicted octanol–water partition coefficient (Wildman–Crippen LogP) is 2.86. The van der Waals surface area contributed by atoms with E-state index in [1.165, 1.54) is 12.8 Å². The standard InChI is InChI=1S/C13H26N2O/c1-13(2,3)10-6-8-11(9-7-10)14-12(16)15(4)5/h10-11H,6-9H2,1-5H3,(H,14,16)/t10-,11-. The number of hydrogen-bond acceptors (Lipinski definition) is 1. The van der Waals surface area contributed by atoms with Crippen LogP contribution in [0.15, 0.2) is 0 Å². The van der Waals surface area contributed by atoms with Gasteiger partial charge in [-0.1, -0.05) is 20.8 Å². The molecule has 1 aliphatic carbocycles. The fourth-order valence-electron chi connectivity index (χ4n) is 2.41. The van der Waals surface area contributed by atoms with Gasteiger partial charge in [-0.25, -0.2) is 4.79 Å². The first kappa shape index (κ1) is 13.3. The topological polar surface area (TPSA) is 32.3 Å². The van der Waals surface area contributed by atoms with E-state index in [1.54, 1.807) is 19.0 Å². The van der Waals surface area contributed by atoms with Crippen LogP contribution in [0, 0.1) is 11.3 Å². The van der Waals surface area contributed by atoms with Crippen LogP contribution < -0.4 is 5.32 Å². The average molecular weight is 226 g/mol. The molecule has 0 bridgehead atoms. The summed E-state index contributed by atoms with van der Waals surface area (Å²) in [5.74, 6) is 0.806. The van der Waals surface area contributed by atoms with E-state index in [0.717, 1.165) is 18.8 Å². The van der Waals surface area contributed by atoms with Crippen LogP contribution in [-0.2, 0) is 0 Å². The van der Waals surface area contributed by atoms with Crippen LogP contribution in [0.1, 0.15) is 46.5 Å². The molecule has 1 saturated carbocycles. The highest BCUT2D eigenvalue weighted by atomic mass is 16.2. The second-order valence-corrected chi connectivity index (χ2v) is 6.26. The lowest BCUT2D eigenvalue weighted by atomic mass is 9.71. The van der Waals surface area contributed by atoms with Crippen molar-refractivity contribution in [2.24, 2.45) is 11.3 Å². The molecule has 16 heavy (non-hydrogen) atoms. The molecule has 1 fully saturated rings. The van der Waals surface area contributed by atoms with Gasteiger partial charge in [-0.3, -0.25) is 0 Å². The number of carbonyl (C=O) groups is 1. The summed E-state index contributed by atoms with van der Waals surface area (Å²) in [7, 11) is 3.58. The summed E-state index contributed by atoms with van der Waals surface area (Å²) >= 11 is 0. The third kappa shape index (κ3) is 3.69. The lowest BCUT2D eigenvalue weighted by Crippen LogP contribution is -2.43. The molecule has 0 aromatic carbocycles. The van der Waals surface area contributed by atoms with Crippen molar-refractivity contribution in [3.63, 3.8) is 0 Å². The molecule has 0 saturated heterocycles. The number of nitrogens with one attached hydrogen (secondary N) is 1. The number of urea groups is 1. The van der Waals surface area contributed by atoms with Crippen molar-refractivity contribution in [3.05, 3.63) is 0 Å². The molecule has 0 heterocycles. The molecular weight excluding hydrogens is 200 g/mol. The summed E-state index contributed by atoms with van der Waals surface area (Å²) in [4.78, 5) is 13.1. The lowest BCUT2D eigenvalue weighted by molar-refractivity contribution is 0.156. The van der Waals surface area contributed by atoms with E-state index in [2.05, 4.69) is 26.1 Å². The Morgan fingerprint density at radius 2 is 1.62 bits per heavy atom. The highest BCUT2D eigenvalue weighted by Crippen LogP contribution is 2.37. The molecular formula is C13H26N2O. The molecule has 3 nitrogen and oxygen atoms in total. The maximum Gasteiger partial charge on any atom is 0.317 e. The van der Waals surface area contributed by atoms with E-state index in [9.17, 15) is 4.79 Å². The minimum absolute atomic E-state index is 0.0409. The summed E-state index contributed by atoms with van der Waals surface area (Å²) in [5, 5.41) is 3.08. The third-order valence-electron chi connectivity index (χ3n) is 3.69. The van der Waals surface area contributed by atoms with Gasteiger partial charge in [-0.2, -0.15) is 0 Å². The molecule has 0 aromatic rings. The Kier molecular flexibility index (Phi) is 4.22. The molecule has 94 valence electrons.